The lowest BCUT2D eigenvalue weighted by Crippen LogP contribution is -2.42. The normalized spacial score (nSPS) is 23.0. The zero-order valence-electron chi connectivity index (χ0n) is 17.1. The van der Waals surface area contributed by atoms with Gasteiger partial charge in [-0.05, 0) is 61.9 Å². The number of nitrogens with zero attached hydrogens (tertiary/aromatic N) is 1. The number of nitrogens with one attached hydrogen (secondary N) is 1. The molecule has 162 valence electrons. The van der Waals surface area contributed by atoms with Crippen molar-refractivity contribution in [3.05, 3.63) is 53.6 Å². The minimum absolute atomic E-state index is 0.292. The Labute approximate surface area is 178 Å². The van der Waals surface area contributed by atoms with Crippen molar-refractivity contribution in [3.63, 3.8) is 0 Å². The average Bonchev–Trinajstić information content (AvgIpc) is 2.73. The molecule has 2 fully saturated rings. The molecule has 1 aliphatic heterocycles. The molecule has 0 radical (unpaired) electrons. The van der Waals surface area contributed by atoms with E-state index in [0.29, 0.717) is 22.2 Å². The van der Waals surface area contributed by atoms with E-state index in [-0.39, 0.29) is 0 Å². The van der Waals surface area contributed by atoms with Crippen molar-refractivity contribution < 1.29 is 17.4 Å². The maximum absolute atomic E-state index is 13.4. The lowest BCUT2D eigenvalue weighted by molar-refractivity contribution is -0.137. The molecular weight excluding hydrogens is 409 g/mol. The maximum Gasteiger partial charge on any atom is 0.416 e. The molecule has 1 saturated carbocycles. The molecule has 0 bridgehead atoms. The topological polar surface area (TPSA) is 32.3 Å². The second-order valence-corrected chi connectivity index (χ2v) is 9.84. The van der Waals surface area contributed by atoms with E-state index in [4.69, 9.17) is 0 Å². The highest BCUT2D eigenvalue weighted by atomic mass is 32.2. The van der Waals surface area contributed by atoms with Gasteiger partial charge in [-0.1, -0.05) is 41.2 Å². The van der Waals surface area contributed by atoms with Crippen molar-refractivity contribution in [1.29, 1.82) is 0 Å². The largest absolute Gasteiger partial charge is 0.416 e. The van der Waals surface area contributed by atoms with Crippen molar-refractivity contribution in [1.82, 2.24) is 0 Å². The Bertz CT molecular complexity index is 914. The van der Waals surface area contributed by atoms with Gasteiger partial charge in [0, 0.05) is 13.1 Å². The number of hydrogen-bond donors (Lipinski definition) is 1. The molecule has 30 heavy (non-hydrogen) atoms. The van der Waals surface area contributed by atoms with Gasteiger partial charge in [0.15, 0.2) is 15.9 Å². The van der Waals surface area contributed by atoms with Crippen LogP contribution in [0.3, 0.4) is 0 Å². The lowest BCUT2D eigenvalue weighted by Gasteiger charge is -2.42. The van der Waals surface area contributed by atoms with Crippen molar-refractivity contribution in [2.24, 2.45) is 11.8 Å². The van der Waals surface area contributed by atoms with Gasteiger partial charge in [-0.15, -0.1) is 0 Å². The first-order valence-corrected chi connectivity index (χ1v) is 11.8. The van der Waals surface area contributed by atoms with Crippen LogP contribution in [0.25, 0.3) is 0 Å². The first-order valence-electron chi connectivity index (χ1n) is 10.6. The second kappa shape index (κ2) is 8.61. The first-order chi connectivity index (χ1) is 14.3. The van der Waals surface area contributed by atoms with Crippen LogP contribution in [0.5, 0.6) is 0 Å². The van der Waals surface area contributed by atoms with Crippen molar-refractivity contribution >= 4 is 22.4 Å². The highest BCUT2D eigenvalue weighted by Gasteiger charge is 2.35. The van der Waals surface area contributed by atoms with Crippen LogP contribution in [0, 0.1) is 18.8 Å². The monoisotopic (exact) mass is 437 g/mol. The SMILES string of the molecule is Cc1ccc([SH+](=O)Nc2cc(C(F)(F)F)ccc2N2CCC3CCCCC3C2)cc1. The fourth-order valence-corrected chi connectivity index (χ4v) is 5.70. The number of benzene rings is 2. The Morgan fingerprint density at radius 1 is 1.00 bits per heavy atom. The zero-order chi connectivity index (χ0) is 21.3. The molecule has 7 heteroatoms. The van der Waals surface area contributed by atoms with Crippen LogP contribution < -0.4 is 9.62 Å². The van der Waals surface area contributed by atoms with Crippen LogP contribution in [-0.2, 0) is 21.4 Å². The number of anilines is 2. The summed E-state index contributed by atoms with van der Waals surface area (Å²) in [7, 11) is -2.06. The summed E-state index contributed by atoms with van der Waals surface area (Å²) < 4.78 is 55.8. The number of fused-ring (bicyclic) bond motifs is 1. The highest BCUT2D eigenvalue weighted by molar-refractivity contribution is 7.86. The van der Waals surface area contributed by atoms with Crippen LogP contribution in [-0.4, -0.2) is 13.1 Å². The Morgan fingerprint density at radius 3 is 2.40 bits per heavy atom. The quantitative estimate of drug-likeness (QED) is 0.462. The summed E-state index contributed by atoms with van der Waals surface area (Å²) >= 11 is 0. The third kappa shape index (κ3) is 4.66. The predicted molar refractivity (Wildman–Crippen MR) is 116 cm³/mol. The molecule has 3 unspecified atom stereocenters. The maximum atomic E-state index is 13.4. The van der Waals surface area contributed by atoms with Gasteiger partial charge < -0.3 is 4.90 Å². The van der Waals surface area contributed by atoms with E-state index in [2.05, 4.69) is 9.62 Å². The van der Waals surface area contributed by atoms with E-state index in [9.17, 15) is 17.4 Å². The second-order valence-electron chi connectivity index (χ2n) is 8.51. The van der Waals surface area contributed by atoms with Gasteiger partial charge in [0.25, 0.3) is 0 Å². The van der Waals surface area contributed by atoms with E-state index in [1.807, 2.05) is 19.1 Å². The molecule has 2 aliphatic rings. The minimum Gasteiger partial charge on any atom is -0.369 e. The number of hydrogen-bond acceptors (Lipinski definition) is 2. The van der Waals surface area contributed by atoms with E-state index in [0.717, 1.165) is 43.1 Å². The van der Waals surface area contributed by atoms with Gasteiger partial charge in [-0.25, -0.2) is 4.72 Å². The standard InChI is InChI=1S/C23H27F3N2OS/c1-16-6-9-20(10-7-16)30(29)27-21-14-19(23(24,25)26)8-11-22(21)28-13-12-17-4-2-3-5-18(17)15-28/h6-11,14,17-18H,2-5,12-13,15H2,1H3,(H,27,29)/p+1. The van der Waals surface area contributed by atoms with Gasteiger partial charge in [-0.3, -0.25) is 0 Å². The molecule has 0 aromatic heterocycles. The predicted octanol–water partition coefficient (Wildman–Crippen LogP) is 6.11. The van der Waals surface area contributed by atoms with E-state index >= 15 is 0 Å². The van der Waals surface area contributed by atoms with Crippen LogP contribution in [0.4, 0.5) is 24.5 Å². The molecule has 3 atom stereocenters. The summed E-state index contributed by atoms with van der Waals surface area (Å²) in [6.07, 6.45) is 1.58. The van der Waals surface area contributed by atoms with Crippen molar-refractivity contribution in [2.75, 3.05) is 22.7 Å². The molecule has 2 aromatic rings. The first kappa shape index (κ1) is 21.2. The van der Waals surface area contributed by atoms with Gasteiger partial charge in [0.05, 0.1) is 11.3 Å². The Morgan fingerprint density at radius 2 is 1.70 bits per heavy atom. The van der Waals surface area contributed by atoms with Crippen LogP contribution in [0.1, 0.15) is 43.2 Å². The van der Waals surface area contributed by atoms with Gasteiger partial charge in [0.2, 0.25) is 0 Å². The number of rotatable bonds is 4. The number of halogens is 3. The molecule has 1 N–H and O–H groups in total. The zero-order valence-corrected chi connectivity index (χ0v) is 18.0. The third-order valence-corrected chi connectivity index (χ3v) is 7.66. The Kier molecular flexibility index (Phi) is 6.09. The van der Waals surface area contributed by atoms with Gasteiger partial charge in [0.1, 0.15) is 5.69 Å². The number of piperidine rings is 1. The number of aryl methyl sites for hydroxylation is 1. The molecule has 1 saturated heterocycles. The van der Waals surface area contributed by atoms with E-state index < -0.39 is 22.7 Å². The molecule has 1 heterocycles. The Balaban J connectivity index is 1.62. The molecular formula is C23H28F3N2OS+. The minimum atomic E-state index is -4.44. The van der Waals surface area contributed by atoms with Gasteiger partial charge >= 0.3 is 6.18 Å². The fourth-order valence-electron chi connectivity index (χ4n) is 4.75. The Hall–Kier alpha value is -2.02. The van der Waals surface area contributed by atoms with Crippen molar-refractivity contribution in [3.8, 4) is 0 Å². The molecule has 3 nitrogen and oxygen atoms in total. The highest BCUT2D eigenvalue weighted by Crippen LogP contribution is 2.41. The van der Waals surface area contributed by atoms with Crippen LogP contribution >= 0.6 is 0 Å². The summed E-state index contributed by atoms with van der Waals surface area (Å²) in [4.78, 5) is 2.75. The third-order valence-electron chi connectivity index (χ3n) is 6.45. The summed E-state index contributed by atoms with van der Waals surface area (Å²) in [5, 5.41) is 0. The van der Waals surface area contributed by atoms with E-state index in [1.165, 1.54) is 31.7 Å². The number of thiol groups is 1. The van der Waals surface area contributed by atoms with Crippen LogP contribution in [0.15, 0.2) is 47.4 Å². The van der Waals surface area contributed by atoms with E-state index in [1.54, 1.807) is 12.1 Å². The molecule has 4 rings (SSSR count). The molecule has 0 spiro atoms. The smallest absolute Gasteiger partial charge is 0.369 e. The van der Waals surface area contributed by atoms with Crippen LogP contribution in [0.2, 0.25) is 0 Å². The van der Waals surface area contributed by atoms with Gasteiger partial charge in [-0.2, -0.15) is 13.2 Å². The lowest BCUT2D eigenvalue weighted by atomic mass is 9.75. The summed E-state index contributed by atoms with van der Waals surface area (Å²) in [5.74, 6) is 1.32. The molecule has 0 amide bonds. The summed E-state index contributed by atoms with van der Waals surface area (Å²) in [6, 6.07) is 11.0. The number of alkyl halides is 3. The summed E-state index contributed by atoms with van der Waals surface area (Å²) in [6.45, 7) is 3.61. The average molecular weight is 438 g/mol. The van der Waals surface area contributed by atoms with Crippen molar-refractivity contribution in [2.45, 2.75) is 50.1 Å². The molecule has 1 aliphatic carbocycles. The molecule has 2 aromatic carbocycles. The fraction of sp³-hybridized carbons (Fsp3) is 0.478. The summed E-state index contributed by atoms with van der Waals surface area (Å²) in [5.41, 5.74) is 1.31.